The molecule has 0 unspecified atom stereocenters. The van der Waals surface area contributed by atoms with E-state index in [4.69, 9.17) is 0 Å². The van der Waals surface area contributed by atoms with Crippen molar-refractivity contribution in [2.75, 3.05) is 13.6 Å². The van der Waals surface area contributed by atoms with Crippen LogP contribution in [-0.4, -0.2) is 36.2 Å². The Bertz CT molecular complexity index is 313. The molecule has 13 heavy (non-hydrogen) atoms. The van der Waals surface area contributed by atoms with Crippen LogP contribution in [0.3, 0.4) is 0 Å². The molecule has 2 rings (SSSR count). The maximum atomic E-state index is 11.6. The van der Waals surface area contributed by atoms with Crippen molar-refractivity contribution in [3.8, 4) is 0 Å². The van der Waals surface area contributed by atoms with Crippen LogP contribution < -0.4 is 5.32 Å². The first kappa shape index (κ1) is 8.22. The zero-order valence-corrected chi connectivity index (χ0v) is 7.29. The molecule has 0 bridgehead atoms. The van der Waals surface area contributed by atoms with Crippen LogP contribution in [0.2, 0.25) is 0 Å². The maximum Gasteiger partial charge on any atom is 0.237 e. The molecule has 2 aliphatic heterocycles. The van der Waals surface area contributed by atoms with Gasteiger partial charge in [0.25, 0.3) is 0 Å². The predicted octanol–water partition coefficient (Wildman–Crippen LogP) is -1.12. The molecule has 2 fully saturated rings. The molecule has 0 aromatic rings. The van der Waals surface area contributed by atoms with E-state index in [1.807, 2.05) is 0 Å². The Kier molecular flexibility index (Phi) is 1.46. The molecule has 0 aliphatic carbocycles. The Morgan fingerprint density at radius 3 is 2.38 bits per heavy atom. The second-order valence-corrected chi connectivity index (χ2v) is 3.67. The van der Waals surface area contributed by atoms with E-state index in [9.17, 15) is 14.4 Å². The third-order valence-electron chi connectivity index (χ3n) is 2.74. The maximum absolute atomic E-state index is 11.6. The molecule has 1 N–H and O–H groups in total. The van der Waals surface area contributed by atoms with E-state index < -0.39 is 5.41 Å². The summed E-state index contributed by atoms with van der Waals surface area (Å²) in [5.74, 6) is -0.561. The summed E-state index contributed by atoms with van der Waals surface area (Å²) in [5, 5.41) is 2.59. The van der Waals surface area contributed by atoms with Crippen LogP contribution in [0.25, 0.3) is 0 Å². The lowest BCUT2D eigenvalue weighted by Gasteiger charge is -2.16. The zero-order chi connectivity index (χ0) is 9.64. The van der Waals surface area contributed by atoms with Gasteiger partial charge in [-0.05, 0) is 0 Å². The van der Waals surface area contributed by atoms with E-state index in [0.29, 0.717) is 6.54 Å². The molecule has 2 heterocycles. The lowest BCUT2D eigenvalue weighted by atomic mass is 9.85. The van der Waals surface area contributed by atoms with Crippen LogP contribution in [-0.2, 0) is 14.4 Å². The summed E-state index contributed by atoms with van der Waals surface area (Å²) in [7, 11) is 1.46. The Labute approximate surface area is 75.1 Å². The minimum atomic E-state index is -0.761. The van der Waals surface area contributed by atoms with Crippen LogP contribution in [0.4, 0.5) is 0 Å². The minimum Gasteiger partial charge on any atom is -0.355 e. The number of hydrogen-bond acceptors (Lipinski definition) is 3. The van der Waals surface area contributed by atoms with Gasteiger partial charge in [0.15, 0.2) is 0 Å². The fourth-order valence-electron chi connectivity index (χ4n) is 1.93. The van der Waals surface area contributed by atoms with E-state index >= 15 is 0 Å². The average Bonchev–Trinajstić information content (AvgIpc) is 2.53. The van der Waals surface area contributed by atoms with Gasteiger partial charge < -0.3 is 5.32 Å². The summed E-state index contributed by atoms with van der Waals surface area (Å²) in [6.07, 6.45) is 0.322. The quantitative estimate of drug-likeness (QED) is 0.483. The normalized spacial score (nSPS) is 33.3. The largest absolute Gasteiger partial charge is 0.355 e. The lowest BCUT2D eigenvalue weighted by Crippen LogP contribution is -2.34. The highest BCUT2D eigenvalue weighted by Gasteiger charge is 2.54. The van der Waals surface area contributed by atoms with Gasteiger partial charge in [0.2, 0.25) is 17.7 Å². The van der Waals surface area contributed by atoms with Gasteiger partial charge in [-0.25, -0.2) is 0 Å². The SMILES string of the molecule is CN1C(=O)C[C@]2(CNC(=O)C2)C1=O. The molecule has 5 nitrogen and oxygen atoms in total. The van der Waals surface area contributed by atoms with Gasteiger partial charge in [-0.3, -0.25) is 19.3 Å². The number of carbonyl (C=O) groups excluding carboxylic acids is 3. The van der Waals surface area contributed by atoms with Crippen molar-refractivity contribution in [2.24, 2.45) is 5.41 Å². The van der Waals surface area contributed by atoms with Gasteiger partial charge >= 0.3 is 0 Å². The standard InChI is InChI=1S/C8H10N2O3/c1-10-6(12)3-8(7(10)13)2-5(11)9-4-8/h2-4H2,1H3,(H,9,11)/t8-/m1/s1. The van der Waals surface area contributed by atoms with E-state index in [1.165, 1.54) is 7.05 Å². The van der Waals surface area contributed by atoms with Gasteiger partial charge in [0, 0.05) is 26.4 Å². The number of nitrogens with zero attached hydrogens (tertiary/aromatic N) is 1. The van der Waals surface area contributed by atoms with Crippen molar-refractivity contribution in [3.05, 3.63) is 0 Å². The van der Waals surface area contributed by atoms with Crippen molar-refractivity contribution in [2.45, 2.75) is 12.8 Å². The molecule has 1 spiro atoms. The van der Waals surface area contributed by atoms with Gasteiger partial charge in [-0.1, -0.05) is 0 Å². The van der Waals surface area contributed by atoms with Gasteiger partial charge in [-0.15, -0.1) is 0 Å². The second kappa shape index (κ2) is 2.31. The van der Waals surface area contributed by atoms with Crippen molar-refractivity contribution < 1.29 is 14.4 Å². The lowest BCUT2D eigenvalue weighted by molar-refractivity contribution is -0.140. The first-order valence-electron chi connectivity index (χ1n) is 4.13. The van der Waals surface area contributed by atoms with Gasteiger partial charge in [0.1, 0.15) is 0 Å². The number of amides is 3. The summed E-state index contributed by atoms with van der Waals surface area (Å²) in [5.41, 5.74) is -0.761. The summed E-state index contributed by atoms with van der Waals surface area (Å²) in [4.78, 5) is 34.9. The second-order valence-electron chi connectivity index (χ2n) is 3.67. The van der Waals surface area contributed by atoms with E-state index in [1.54, 1.807) is 0 Å². The van der Waals surface area contributed by atoms with E-state index in [-0.39, 0.29) is 30.6 Å². The Morgan fingerprint density at radius 1 is 1.31 bits per heavy atom. The fourth-order valence-corrected chi connectivity index (χ4v) is 1.93. The molecule has 5 heteroatoms. The number of carbonyl (C=O) groups is 3. The predicted molar refractivity (Wildman–Crippen MR) is 42.5 cm³/mol. The third kappa shape index (κ3) is 0.961. The molecule has 0 radical (unpaired) electrons. The zero-order valence-electron chi connectivity index (χ0n) is 7.29. The first-order chi connectivity index (χ1) is 6.05. The molecule has 0 saturated carbocycles. The molecule has 3 amide bonds. The van der Waals surface area contributed by atoms with Gasteiger partial charge in [-0.2, -0.15) is 0 Å². The molecule has 2 saturated heterocycles. The molecule has 1 atom stereocenters. The van der Waals surface area contributed by atoms with Crippen molar-refractivity contribution in [1.82, 2.24) is 10.2 Å². The minimum absolute atomic E-state index is 0.142. The van der Waals surface area contributed by atoms with Crippen LogP contribution in [0, 0.1) is 5.41 Å². The number of imide groups is 1. The molecule has 0 aromatic carbocycles. The summed E-state index contributed by atoms with van der Waals surface area (Å²) in [6.45, 7) is 0.306. The monoisotopic (exact) mass is 182 g/mol. The number of rotatable bonds is 0. The Hall–Kier alpha value is -1.39. The highest BCUT2D eigenvalue weighted by Crippen LogP contribution is 2.37. The Balaban J connectivity index is 2.31. The topological polar surface area (TPSA) is 66.5 Å². The molecular formula is C8H10N2O3. The summed E-state index contributed by atoms with van der Waals surface area (Å²) < 4.78 is 0. The van der Waals surface area contributed by atoms with Crippen LogP contribution in [0.15, 0.2) is 0 Å². The molecular weight excluding hydrogens is 172 g/mol. The van der Waals surface area contributed by atoms with Crippen LogP contribution in [0.1, 0.15) is 12.8 Å². The van der Waals surface area contributed by atoms with E-state index in [2.05, 4.69) is 5.32 Å². The number of hydrogen-bond donors (Lipinski definition) is 1. The van der Waals surface area contributed by atoms with Crippen LogP contribution >= 0.6 is 0 Å². The fraction of sp³-hybridized carbons (Fsp3) is 0.625. The van der Waals surface area contributed by atoms with Crippen molar-refractivity contribution in [3.63, 3.8) is 0 Å². The smallest absolute Gasteiger partial charge is 0.237 e. The molecule has 0 aromatic heterocycles. The Morgan fingerprint density at radius 2 is 2.00 bits per heavy atom. The van der Waals surface area contributed by atoms with Crippen molar-refractivity contribution >= 4 is 17.7 Å². The van der Waals surface area contributed by atoms with Crippen LogP contribution in [0.5, 0.6) is 0 Å². The third-order valence-corrected chi connectivity index (χ3v) is 2.74. The van der Waals surface area contributed by atoms with Gasteiger partial charge in [0.05, 0.1) is 5.41 Å². The first-order valence-corrected chi connectivity index (χ1v) is 4.13. The average molecular weight is 182 g/mol. The van der Waals surface area contributed by atoms with Crippen molar-refractivity contribution in [1.29, 1.82) is 0 Å². The highest BCUT2D eigenvalue weighted by molar-refractivity contribution is 6.08. The number of likely N-dealkylation sites (tertiary alicyclic amines) is 1. The summed E-state index contributed by atoms with van der Waals surface area (Å²) >= 11 is 0. The summed E-state index contributed by atoms with van der Waals surface area (Å²) in [6, 6.07) is 0. The van der Waals surface area contributed by atoms with E-state index in [0.717, 1.165) is 4.90 Å². The molecule has 2 aliphatic rings. The highest BCUT2D eigenvalue weighted by atomic mass is 16.2. The molecule has 70 valence electrons. The number of nitrogens with one attached hydrogen (secondary N) is 1.